The van der Waals surface area contributed by atoms with Crippen molar-refractivity contribution < 1.29 is 4.74 Å². The van der Waals surface area contributed by atoms with E-state index in [2.05, 4.69) is 10.4 Å². The monoisotopic (exact) mass is 246 g/mol. The van der Waals surface area contributed by atoms with E-state index in [1.54, 1.807) is 6.20 Å². The van der Waals surface area contributed by atoms with E-state index in [4.69, 9.17) is 10.6 Å². The highest BCUT2D eigenvalue weighted by atomic mass is 16.5. The minimum Gasteiger partial charge on any atom is -0.492 e. The molecule has 0 aliphatic carbocycles. The Labute approximate surface area is 107 Å². The van der Waals surface area contributed by atoms with E-state index in [9.17, 15) is 0 Å². The van der Waals surface area contributed by atoms with Crippen LogP contribution in [0.5, 0.6) is 5.75 Å². The molecule has 0 spiro atoms. The molecule has 5 nitrogen and oxygen atoms in total. The Morgan fingerprint density at radius 3 is 2.78 bits per heavy atom. The van der Waals surface area contributed by atoms with Gasteiger partial charge in [0.1, 0.15) is 18.2 Å². The molecule has 0 aliphatic rings. The number of para-hydroxylation sites is 1. The molecule has 96 valence electrons. The van der Waals surface area contributed by atoms with Gasteiger partial charge in [0.2, 0.25) is 0 Å². The normalized spacial score (nSPS) is 12.3. The van der Waals surface area contributed by atoms with Crippen LogP contribution in [0, 0.1) is 0 Å². The number of imidazole rings is 1. The zero-order chi connectivity index (χ0) is 12.8. The maximum Gasteiger partial charge on any atom is 0.119 e. The molecule has 5 heteroatoms. The molecule has 1 unspecified atom stereocenters. The van der Waals surface area contributed by atoms with Gasteiger partial charge >= 0.3 is 0 Å². The molecule has 2 aromatic rings. The van der Waals surface area contributed by atoms with Gasteiger partial charge in [0.15, 0.2) is 0 Å². The van der Waals surface area contributed by atoms with Gasteiger partial charge in [0, 0.05) is 25.9 Å². The topological polar surface area (TPSA) is 65.1 Å². The molecule has 0 saturated carbocycles. The van der Waals surface area contributed by atoms with Crippen molar-refractivity contribution in [2.45, 2.75) is 12.5 Å². The number of hydrogen-bond donors (Lipinski definition) is 2. The standard InChI is InChI=1S/C13H18N4O/c1-17-8-7-15-13(17)9-11(16-14)10-18-12-5-3-2-4-6-12/h2-8,11,16H,9-10,14H2,1H3. The number of nitrogens with one attached hydrogen (secondary N) is 1. The van der Waals surface area contributed by atoms with E-state index in [0.717, 1.165) is 18.0 Å². The lowest BCUT2D eigenvalue weighted by molar-refractivity contribution is 0.262. The van der Waals surface area contributed by atoms with Gasteiger partial charge in [-0.25, -0.2) is 4.98 Å². The number of ether oxygens (including phenoxy) is 1. The molecule has 0 radical (unpaired) electrons. The molecule has 0 amide bonds. The van der Waals surface area contributed by atoms with Crippen LogP contribution in [-0.2, 0) is 13.5 Å². The molecular formula is C13H18N4O. The fourth-order valence-electron chi connectivity index (χ4n) is 1.69. The Kier molecular flexibility index (Phi) is 4.33. The zero-order valence-corrected chi connectivity index (χ0v) is 10.4. The van der Waals surface area contributed by atoms with E-state index in [1.807, 2.05) is 48.1 Å². The SMILES string of the molecule is Cn1ccnc1CC(COc1ccccc1)NN. The molecular weight excluding hydrogens is 228 g/mol. The molecule has 0 saturated heterocycles. The molecule has 18 heavy (non-hydrogen) atoms. The van der Waals surface area contributed by atoms with Gasteiger partial charge in [-0.3, -0.25) is 11.3 Å². The summed E-state index contributed by atoms with van der Waals surface area (Å²) in [5.41, 5.74) is 2.76. The maximum absolute atomic E-state index is 5.67. The first-order chi connectivity index (χ1) is 8.79. The molecule has 2 rings (SSSR count). The van der Waals surface area contributed by atoms with Crippen LogP contribution in [0.2, 0.25) is 0 Å². The van der Waals surface area contributed by atoms with Gasteiger partial charge in [-0.1, -0.05) is 18.2 Å². The van der Waals surface area contributed by atoms with E-state index in [0.29, 0.717) is 6.61 Å². The number of nitrogens with two attached hydrogens (primary N) is 1. The number of nitrogens with zero attached hydrogens (tertiary/aromatic N) is 2. The molecule has 1 heterocycles. The molecule has 0 aliphatic heterocycles. The predicted molar refractivity (Wildman–Crippen MR) is 70.0 cm³/mol. The highest BCUT2D eigenvalue weighted by Crippen LogP contribution is 2.09. The minimum atomic E-state index is 0.0336. The van der Waals surface area contributed by atoms with E-state index < -0.39 is 0 Å². The lowest BCUT2D eigenvalue weighted by atomic mass is 10.2. The van der Waals surface area contributed by atoms with Gasteiger partial charge in [0.05, 0.1) is 6.04 Å². The summed E-state index contributed by atoms with van der Waals surface area (Å²) in [6, 6.07) is 9.73. The first kappa shape index (κ1) is 12.6. The van der Waals surface area contributed by atoms with Crippen LogP contribution in [0.4, 0.5) is 0 Å². The highest BCUT2D eigenvalue weighted by molar-refractivity contribution is 5.20. The first-order valence-electron chi connectivity index (χ1n) is 5.90. The minimum absolute atomic E-state index is 0.0336. The van der Waals surface area contributed by atoms with Crippen molar-refractivity contribution in [1.82, 2.24) is 15.0 Å². The molecule has 1 aromatic carbocycles. The summed E-state index contributed by atoms with van der Waals surface area (Å²) in [5.74, 6) is 7.36. The number of benzene rings is 1. The third-order valence-corrected chi connectivity index (χ3v) is 2.78. The summed E-state index contributed by atoms with van der Waals surface area (Å²) >= 11 is 0. The van der Waals surface area contributed by atoms with Gasteiger partial charge < -0.3 is 9.30 Å². The van der Waals surface area contributed by atoms with Crippen LogP contribution in [0.1, 0.15) is 5.82 Å². The summed E-state index contributed by atoms with van der Waals surface area (Å²) in [6.07, 6.45) is 4.43. The summed E-state index contributed by atoms with van der Waals surface area (Å²) in [5, 5.41) is 0. The second kappa shape index (κ2) is 6.18. The Balaban J connectivity index is 1.88. The van der Waals surface area contributed by atoms with Crippen molar-refractivity contribution >= 4 is 0 Å². The molecule has 3 N–H and O–H groups in total. The van der Waals surface area contributed by atoms with Crippen molar-refractivity contribution in [3.63, 3.8) is 0 Å². The van der Waals surface area contributed by atoms with Crippen molar-refractivity contribution in [3.8, 4) is 5.75 Å². The summed E-state index contributed by atoms with van der Waals surface area (Å²) in [7, 11) is 1.97. The van der Waals surface area contributed by atoms with Crippen LogP contribution < -0.4 is 16.0 Å². The number of rotatable bonds is 6. The quantitative estimate of drug-likeness (QED) is 0.586. The zero-order valence-electron chi connectivity index (χ0n) is 10.4. The number of hydrazine groups is 1. The molecule has 0 bridgehead atoms. The predicted octanol–water partition coefficient (Wildman–Crippen LogP) is 0.873. The Hall–Kier alpha value is -1.85. The van der Waals surface area contributed by atoms with Crippen LogP contribution in [0.25, 0.3) is 0 Å². The van der Waals surface area contributed by atoms with Crippen LogP contribution >= 0.6 is 0 Å². The second-order valence-corrected chi connectivity index (χ2v) is 4.15. The lowest BCUT2D eigenvalue weighted by Gasteiger charge is -2.16. The maximum atomic E-state index is 5.67. The van der Waals surface area contributed by atoms with Crippen molar-refractivity contribution in [2.75, 3.05) is 6.61 Å². The molecule has 1 aromatic heterocycles. The molecule has 0 fully saturated rings. The summed E-state index contributed by atoms with van der Waals surface area (Å²) in [4.78, 5) is 4.27. The number of aryl methyl sites for hydroxylation is 1. The van der Waals surface area contributed by atoms with E-state index in [1.165, 1.54) is 0 Å². The first-order valence-corrected chi connectivity index (χ1v) is 5.90. The highest BCUT2D eigenvalue weighted by Gasteiger charge is 2.11. The fourth-order valence-corrected chi connectivity index (χ4v) is 1.69. The number of aromatic nitrogens is 2. The van der Waals surface area contributed by atoms with Crippen molar-refractivity contribution in [3.05, 3.63) is 48.5 Å². The average Bonchev–Trinajstić information content (AvgIpc) is 2.81. The third kappa shape index (κ3) is 3.32. The average molecular weight is 246 g/mol. The van der Waals surface area contributed by atoms with Crippen molar-refractivity contribution in [2.24, 2.45) is 12.9 Å². The second-order valence-electron chi connectivity index (χ2n) is 4.15. The summed E-state index contributed by atoms with van der Waals surface area (Å²) in [6.45, 7) is 0.507. The molecule has 1 atom stereocenters. The Morgan fingerprint density at radius 1 is 1.39 bits per heavy atom. The fraction of sp³-hybridized carbons (Fsp3) is 0.308. The van der Waals surface area contributed by atoms with Crippen LogP contribution in [0.15, 0.2) is 42.7 Å². The van der Waals surface area contributed by atoms with E-state index in [-0.39, 0.29) is 6.04 Å². The van der Waals surface area contributed by atoms with Crippen LogP contribution in [-0.4, -0.2) is 22.2 Å². The van der Waals surface area contributed by atoms with Gasteiger partial charge in [-0.15, -0.1) is 0 Å². The lowest BCUT2D eigenvalue weighted by Crippen LogP contribution is -2.41. The van der Waals surface area contributed by atoms with Gasteiger partial charge in [-0.2, -0.15) is 0 Å². The van der Waals surface area contributed by atoms with Gasteiger partial charge in [-0.05, 0) is 12.1 Å². The largest absolute Gasteiger partial charge is 0.492 e. The number of hydrogen-bond acceptors (Lipinski definition) is 4. The van der Waals surface area contributed by atoms with E-state index >= 15 is 0 Å². The summed E-state index contributed by atoms with van der Waals surface area (Å²) < 4.78 is 7.65. The Bertz CT molecular complexity index is 469. The smallest absolute Gasteiger partial charge is 0.119 e. The third-order valence-electron chi connectivity index (χ3n) is 2.78. The van der Waals surface area contributed by atoms with Crippen LogP contribution in [0.3, 0.4) is 0 Å². The van der Waals surface area contributed by atoms with Gasteiger partial charge in [0.25, 0.3) is 0 Å². The van der Waals surface area contributed by atoms with Crippen molar-refractivity contribution in [1.29, 1.82) is 0 Å². The Morgan fingerprint density at radius 2 is 2.17 bits per heavy atom.